The fourth-order valence-corrected chi connectivity index (χ4v) is 14.4. The summed E-state index contributed by atoms with van der Waals surface area (Å²) in [7, 11) is 0. The molecule has 0 bridgehead atoms. The second kappa shape index (κ2) is 17.2. The SMILES string of the molecule is CC1CC[C@@]2(OC1)O[C@H]1C[C@H]3[C@@H]4CC[C@@H]5C[C@@H](O[C@@H]6O[C@H](CO)[C@H](O)[C@H](O[C@@H]7OC[C@@H](O)[C@H](O)[C@H]7O)[C@H]6O[C@@H]6O[C@H](CO)[C@@H](O)[C@H](O)[C@H]6O)CC[C@]5(C)[C@H]4CC[C@]3(C)[C@H]1[C@@H]2C. The standard InChI is InChI=1S/C44H72O17/c1-19-7-12-44(55-17-19)20(2)30-27(61-44)14-25-23-6-5-21-13-22(8-10-42(21,3)24(23)9-11-43(25,30)4)56-41-38(60-40-36(53)34(51)32(49)28(15-45)57-40)37(33(50)29(16-46)58-41)59-39-35(52)31(48)26(47)18-54-39/h19-41,45-53H,5-18H2,1-4H3/t19?,20-,21+,22-,23+,24-,25-,26+,27-,28+,29+,30-,31-,32+,33-,34-,35+,36+,37-,38+,39-,40-,41+,42-,43-,44+/m0/s1. The largest absolute Gasteiger partial charge is 0.394 e. The van der Waals surface area contributed by atoms with Crippen molar-refractivity contribution in [3.8, 4) is 0 Å². The minimum atomic E-state index is -1.82. The molecule has 26 atom stereocenters. The highest BCUT2D eigenvalue weighted by molar-refractivity contribution is 5.15. The Morgan fingerprint density at radius 2 is 1.30 bits per heavy atom. The van der Waals surface area contributed by atoms with Crippen LogP contribution in [0.3, 0.4) is 0 Å². The maximum atomic E-state index is 11.5. The van der Waals surface area contributed by atoms with Gasteiger partial charge in [-0.3, -0.25) is 0 Å². The van der Waals surface area contributed by atoms with Gasteiger partial charge in [-0.05, 0) is 104 Å². The molecule has 0 radical (unpaired) electrons. The van der Waals surface area contributed by atoms with E-state index < -0.39 is 112 Å². The van der Waals surface area contributed by atoms with Crippen LogP contribution in [-0.4, -0.2) is 176 Å². The molecule has 17 nitrogen and oxygen atoms in total. The molecule has 9 fully saturated rings. The van der Waals surface area contributed by atoms with Gasteiger partial charge in [0, 0.05) is 12.3 Å². The summed E-state index contributed by atoms with van der Waals surface area (Å²) in [6, 6.07) is 0. The van der Waals surface area contributed by atoms with Crippen LogP contribution >= 0.6 is 0 Å². The van der Waals surface area contributed by atoms with E-state index in [2.05, 4.69) is 27.7 Å². The molecule has 9 N–H and O–H groups in total. The van der Waals surface area contributed by atoms with Crippen molar-refractivity contribution in [2.75, 3.05) is 26.4 Å². The van der Waals surface area contributed by atoms with Gasteiger partial charge in [0.1, 0.15) is 67.1 Å². The predicted octanol–water partition coefficient (Wildman–Crippen LogP) is -0.0945. The van der Waals surface area contributed by atoms with Crippen molar-refractivity contribution < 1.29 is 83.9 Å². The third-order valence-electron chi connectivity index (χ3n) is 17.9. The lowest BCUT2D eigenvalue weighted by Crippen LogP contribution is -2.67. The van der Waals surface area contributed by atoms with E-state index in [0.717, 1.165) is 51.6 Å². The van der Waals surface area contributed by atoms with Gasteiger partial charge in [0.25, 0.3) is 0 Å². The molecule has 0 aromatic carbocycles. The van der Waals surface area contributed by atoms with E-state index in [9.17, 15) is 46.0 Å². The quantitative estimate of drug-likeness (QED) is 0.145. The lowest BCUT2D eigenvalue weighted by molar-refractivity contribution is -0.392. The Hall–Kier alpha value is -0.680. The number of fused-ring (bicyclic) bond motifs is 7. The van der Waals surface area contributed by atoms with Crippen LogP contribution in [0.2, 0.25) is 0 Å². The first-order valence-electron chi connectivity index (χ1n) is 23.2. The van der Waals surface area contributed by atoms with E-state index in [1.807, 2.05) is 0 Å². The van der Waals surface area contributed by atoms with Gasteiger partial charge in [0.2, 0.25) is 0 Å². The molecule has 5 heterocycles. The molecule has 0 amide bonds. The van der Waals surface area contributed by atoms with Crippen molar-refractivity contribution in [2.45, 2.75) is 196 Å². The summed E-state index contributed by atoms with van der Waals surface area (Å²) in [6.07, 6.45) is -11.8. The second-order valence-corrected chi connectivity index (χ2v) is 21.1. The second-order valence-electron chi connectivity index (χ2n) is 21.1. The maximum absolute atomic E-state index is 11.5. The van der Waals surface area contributed by atoms with E-state index in [4.69, 9.17) is 37.9 Å². The number of hydrogen-bond acceptors (Lipinski definition) is 17. The van der Waals surface area contributed by atoms with Crippen LogP contribution in [0.4, 0.5) is 0 Å². The summed E-state index contributed by atoms with van der Waals surface area (Å²) in [5.74, 6) is 3.12. The third kappa shape index (κ3) is 7.58. The van der Waals surface area contributed by atoms with Crippen LogP contribution in [0, 0.1) is 52.3 Å². The van der Waals surface area contributed by atoms with Gasteiger partial charge in [0.15, 0.2) is 24.7 Å². The van der Waals surface area contributed by atoms with Crippen molar-refractivity contribution in [2.24, 2.45) is 52.3 Å². The summed E-state index contributed by atoms with van der Waals surface area (Å²) < 4.78 is 50.0. The number of ether oxygens (including phenoxy) is 8. The molecule has 4 saturated carbocycles. The molecule has 1 spiro atoms. The van der Waals surface area contributed by atoms with E-state index in [0.29, 0.717) is 47.8 Å². The molecule has 9 rings (SSSR count). The maximum Gasteiger partial charge on any atom is 0.187 e. The molecule has 61 heavy (non-hydrogen) atoms. The summed E-state index contributed by atoms with van der Waals surface area (Å²) in [5, 5.41) is 95.1. The van der Waals surface area contributed by atoms with Gasteiger partial charge in [-0.2, -0.15) is 0 Å². The highest BCUT2D eigenvalue weighted by atomic mass is 16.8. The molecule has 350 valence electrons. The molecule has 0 aromatic rings. The van der Waals surface area contributed by atoms with Crippen LogP contribution in [-0.2, 0) is 37.9 Å². The van der Waals surface area contributed by atoms with Gasteiger partial charge < -0.3 is 83.9 Å². The molecular formula is C44H72O17. The molecule has 4 aliphatic carbocycles. The molecule has 0 aromatic heterocycles. The molecule has 5 aliphatic heterocycles. The first kappa shape index (κ1) is 45.5. The molecule has 17 heteroatoms. The minimum absolute atomic E-state index is 0.0904. The summed E-state index contributed by atoms with van der Waals surface area (Å²) in [5.41, 5.74) is 0.301. The number of rotatable bonds is 8. The third-order valence-corrected chi connectivity index (χ3v) is 17.9. The van der Waals surface area contributed by atoms with E-state index in [1.165, 1.54) is 12.8 Å². The van der Waals surface area contributed by atoms with Crippen molar-refractivity contribution in [3.05, 3.63) is 0 Å². The van der Waals surface area contributed by atoms with Gasteiger partial charge in [-0.1, -0.05) is 27.7 Å². The first-order valence-corrected chi connectivity index (χ1v) is 23.2. The van der Waals surface area contributed by atoms with Crippen molar-refractivity contribution in [1.82, 2.24) is 0 Å². The average Bonchev–Trinajstić information content (AvgIpc) is 3.69. The first-order chi connectivity index (χ1) is 29.0. The molecule has 5 saturated heterocycles. The van der Waals surface area contributed by atoms with Crippen LogP contribution in [0.25, 0.3) is 0 Å². The zero-order valence-corrected chi connectivity index (χ0v) is 36.0. The topological polar surface area (TPSA) is 256 Å². The smallest absolute Gasteiger partial charge is 0.187 e. The van der Waals surface area contributed by atoms with Crippen LogP contribution in [0.1, 0.15) is 91.9 Å². The van der Waals surface area contributed by atoms with E-state index in [-0.39, 0.29) is 23.0 Å². The Labute approximate surface area is 357 Å². The van der Waals surface area contributed by atoms with Crippen LogP contribution < -0.4 is 0 Å². The monoisotopic (exact) mass is 872 g/mol. The van der Waals surface area contributed by atoms with Gasteiger partial charge in [-0.15, -0.1) is 0 Å². The summed E-state index contributed by atoms with van der Waals surface area (Å²) in [4.78, 5) is 0. The fraction of sp³-hybridized carbons (Fsp3) is 1.00. The molecular weight excluding hydrogens is 800 g/mol. The molecule has 1 unspecified atom stereocenters. The zero-order chi connectivity index (χ0) is 43.3. The van der Waals surface area contributed by atoms with E-state index in [1.54, 1.807) is 0 Å². The highest BCUT2D eigenvalue weighted by Gasteiger charge is 2.69. The Kier molecular flexibility index (Phi) is 12.8. The number of hydrogen-bond donors (Lipinski definition) is 9. The lowest BCUT2D eigenvalue weighted by atomic mass is 9.44. The summed E-state index contributed by atoms with van der Waals surface area (Å²) in [6.45, 7) is 8.68. The van der Waals surface area contributed by atoms with E-state index >= 15 is 0 Å². The van der Waals surface area contributed by atoms with Crippen molar-refractivity contribution in [1.29, 1.82) is 0 Å². The Balaban J connectivity index is 0.917. The zero-order valence-electron chi connectivity index (χ0n) is 36.0. The normalized spacial score (nSPS) is 58.5. The average molecular weight is 873 g/mol. The van der Waals surface area contributed by atoms with Crippen molar-refractivity contribution >= 4 is 0 Å². The fourth-order valence-electron chi connectivity index (χ4n) is 14.4. The minimum Gasteiger partial charge on any atom is -0.394 e. The van der Waals surface area contributed by atoms with Crippen molar-refractivity contribution in [3.63, 3.8) is 0 Å². The molecule has 9 aliphatic rings. The Bertz CT molecular complexity index is 1520. The number of aliphatic hydroxyl groups is 9. The van der Waals surface area contributed by atoms with Gasteiger partial charge >= 0.3 is 0 Å². The lowest BCUT2D eigenvalue weighted by Gasteiger charge is -2.61. The summed E-state index contributed by atoms with van der Waals surface area (Å²) >= 11 is 0. The van der Waals surface area contributed by atoms with Crippen LogP contribution in [0.5, 0.6) is 0 Å². The number of aliphatic hydroxyl groups excluding tert-OH is 9. The van der Waals surface area contributed by atoms with Gasteiger partial charge in [-0.25, -0.2) is 0 Å². The van der Waals surface area contributed by atoms with Crippen LogP contribution in [0.15, 0.2) is 0 Å². The van der Waals surface area contributed by atoms with Gasteiger partial charge in [0.05, 0.1) is 38.6 Å². The Morgan fingerprint density at radius 3 is 2.02 bits per heavy atom. The highest BCUT2D eigenvalue weighted by Crippen LogP contribution is 2.71. The Morgan fingerprint density at radius 1 is 0.607 bits per heavy atom. The predicted molar refractivity (Wildman–Crippen MR) is 210 cm³/mol.